The first kappa shape index (κ1) is 21.1. The number of hydrazone groups is 1. The van der Waals surface area contributed by atoms with Crippen molar-refractivity contribution in [1.29, 1.82) is 0 Å². The number of para-hydroxylation sites is 1. The maximum absolute atomic E-state index is 12.4. The molecular weight excluding hydrogens is 414 g/mol. The minimum Gasteiger partial charge on any atom is -0.494 e. The average molecular weight is 438 g/mol. The zero-order chi connectivity index (χ0) is 21.2. The van der Waals surface area contributed by atoms with Gasteiger partial charge in [-0.1, -0.05) is 30.3 Å². The molecule has 0 radical (unpaired) electrons. The summed E-state index contributed by atoms with van der Waals surface area (Å²) in [6.07, 6.45) is 2.45. The van der Waals surface area contributed by atoms with E-state index in [0.29, 0.717) is 35.7 Å². The summed E-state index contributed by atoms with van der Waals surface area (Å²) in [6, 6.07) is 13.5. The Kier molecular flexibility index (Phi) is 5.85. The highest BCUT2D eigenvalue weighted by Crippen LogP contribution is 2.37. The van der Waals surface area contributed by atoms with Crippen molar-refractivity contribution in [3.63, 3.8) is 0 Å². The van der Waals surface area contributed by atoms with Crippen LogP contribution in [-0.4, -0.2) is 46.1 Å². The third-order valence-electron chi connectivity index (χ3n) is 4.30. The highest BCUT2D eigenvalue weighted by Gasteiger charge is 2.35. The zero-order valence-corrected chi connectivity index (χ0v) is 18.0. The molecule has 0 fully saturated rings. The lowest BCUT2D eigenvalue weighted by atomic mass is 9.98. The molecule has 1 heterocycles. The number of hydrogen-bond donors (Lipinski definition) is 1. The quantitative estimate of drug-likeness (QED) is 0.717. The molecule has 1 aliphatic rings. The van der Waals surface area contributed by atoms with Crippen molar-refractivity contribution < 1.29 is 21.6 Å². The highest BCUT2D eigenvalue weighted by atomic mass is 32.2. The molecule has 0 unspecified atom stereocenters. The second-order valence-electron chi connectivity index (χ2n) is 6.73. The second-order valence-corrected chi connectivity index (χ2v) is 10.3. The molecule has 10 heteroatoms. The third kappa shape index (κ3) is 5.07. The summed E-state index contributed by atoms with van der Waals surface area (Å²) in [4.78, 5) is 0. The van der Waals surface area contributed by atoms with E-state index in [1.165, 1.54) is 0 Å². The lowest BCUT2D eigenvalue weighted by Gasteiger charge is -2.21. The van der Waals surface area contributed by atoms with Crippen LogP contribution >= 0.6 is 0 Å². The summed E-state index contributed by atoms with van der Waals surface area (Å²) in [7, 11) is -7.15. The summed E-state index contributed by atoms with van der Waals surface area (Å²) >= 11 is 0. The molecule has 0 bridgehead atoms. The Morgan fingerprint density at radius 1 is 1.10 bits per heavy atom. The van der Waals surface area contributed by atoms with E-state index >= 15 is 0 Å². The Hall–Kier alpha value is -2.59. The third-order valence-corrected chi connectivity index (χ3v) is 5.91. The fraction of sp³-hybridized carbons (Fsp3) is 0.316. The van der Waals surface area contributed by atoms with Crippen LogP contribution in [0.15, 0.2) is 53.6 Å². The van der Waals surface area contributed by atoms with Crippen molar-refractivity contribution in [3.05, 3.63) is 59.7 Å². The molecule has 2 aromatic rings. The van der Waals surface area contributed by atoms with Crippen molar-refractivity contribution >= 4 is 31.4 Å². The maximum atomic E-state index is 12.4. The molecule has 1 aliphatic heterocycles. The van der Waals surface area contributed by atoms with E-state index in [-0.39, 0.29) is 0 Å². The molecule has 0 aliphatic carbocycles. The van der Waals surface area contributed by atoms with E-state index in [1.807, 2.05) is 13.0 Å². The zero-order valence-electron chi connectivity index (χ0n) is 16.4. The molecule has 3 rings (SSSR count). The number of ether oxygens (including phenoxy) is 1. The van der Waals surface area contributed by atoms with Gasteiger partial charge in [-0.3, -0.25) is 4.72 Å². The number of anilines is 1. The molecule has 0 saturated carbocycles. The van der Waals surface area contributed by atoms with Crippen LogP contribution in [0.25, 0.3) is 0 Å². The summed E-state index contributed by atoms with van der Waals surface area (Å²) in [5, 5.41) is 4.34. The van der Waals surface area contributed by atoms with Gasteiger partial charge in [0.25, 0.3) is 0 Å². The summed E-state index contributed by atoms with van der Waals surface area (Å²) < 4.78 is 57.3. The van der Waals surface area contributed by atoms with Crippen molar-refractivity contribution in [2.45, 2.75) is 19.4 Å². The number of nitrogens with zero attached hydrogens (tertiary/aromatic N) is 2. The highest BCUT2D eigenvalue weighted by molar-refractivity contribution is 7.92. The molecule has 29 heavy (non-hydrogen) atoms. The van der Waals surface area contributed by atoms with Gasteiger partial charge < -0.3 is 4.74 Å². The number of benzene rings is 2. The summed E-state index contributed by atoms with van der Waals surface area (Å²) in [5.74, 6) is 0.644. The molecule has 156 valence electrons. The summed E-state index contributed by atoms with van der Waals surface area (Å²) in [6.45, 7) is 2.37. The largest absolute Gasteiger partial charge is 0.494 e. The van der Waals surface area contributed by atoms with Crippen molar-refractivity contribution in [2.75, 3.05) is 23.8 Å². The fourth-order valence-corrected chi connectivity index (χ4v) is 4.69. The van der Waals surface area contributed by atoms with Crippen LogP contribution in [-0.2, 0) is 20.0 Å². The molecule has 2 aromatic carbocycles. The van der Waals surface area contributed by atoms with E-state index in [9.17, 15) is 16.8 Å². The summed E-state index contributed by atoms with van der Waals surface area (Å²) in [5.41, 5.74) is 2.11. The topological polar surface area (TPSA) is 105 Å². The molecule has 0 saturated heterocycles. The van der Waals surface area contributed by atoms with Crippen molar-refractivity contribution in [2.24, 2.45) is 5.10 Å². The van der Waals surface area contributed by atoms with Gasteiger partial charge in [-0.25, -0.2) is 16.8 Å². The van der Waals surface area contributed by atoms with Crippen LogP contribution in [0.3, 0.4) is 0 Å². The van der Waals surface area contributed by atoms with Gasteiger partial charge in [0, 0.05) is 12.0 Å². The van der Waals surface area contributed by atoms with E-state index in [4.69, 9.17) is 4.74 Å². The number of nitrogens with one attached hydrogen (secondary N) is 1. The Balaban J connectivity index is 2.03. The van der Waals surface area contributed by atoms with E-state index in [2.05, 4.69) is 9.82 Å². The van der Waals surface area contributed by atoms with Crippen molar-refractivity contribution in [3.8, 4) is 5.75 Å². The van der Waals surface area contributed by atoms with Crippen LogP contribution in [0, 0.1) is 0 Å². The fourth-order valence-electron chi connectivity index (χ4n) is 3.21. The Morgan fingerprint density at radius 3 is 2.48 bits per heavy atom. The molecule has 0 spiro atoms. The maximum Gasteiger partial charge on any atom is 0.247 e. The monoisotopic (exact) mass is 437 g/mol. The molecular formula is C19H23N3O5S2. The van der Waals surface area contributed by atoms with Crippen molar-refractivity contribution in [1.82, 2.24) is 4.41 Å². The predicted octanol–water partition coefficient (Wildman–Crippen LogP) is 2.57. The molecule has 0 amide bonds. The molecule has 8 nitrogen and oxygen atoms in total. The normalized spacial score (nSPS) is 17.1. The van der Waals surface area contributed by atoms with Gasteiger partial charge in [-0.2, -0.15) is 9.52 Å². The van der Waals surface area contributed by atoms with E-state index < -0.39 is 26.1 Å². The first-order valence-electron chi connectivity index (χ1n) is 8.95. The standard InChI is InChI=1S/C19H23N3O5S2/c1-4-27-15-9-7-8-14(12-15)19-13-18(20-22(19)29(3,25)26)16-10-5-6-11-17(16)21-28(2,23)24/h5-12,19,21H,4,13H2,1-3H3/t19-/m1/s1. The van der Waals surface area contributed by atoms with Crippen LogP contribution in [0.1, 0.15) is 30.5 Å². The van der Waals surface area contributed by atoms with Crippen LogP contribution in [0.5, 0.6) is 5.75 Å². The minimum atomic E-state index is -3.65. The van der Waals surface area contributed by atoms with Crippen LogP contribution in [0.4, 0.5) is 5.69 Å². The van der Waals surface area contributed by atoms with Gasteiger partial charge in [0.15, 0.2) is 0 Å². The molecule has 1 N–H and O–H groups in total. The molecule has 1 atom stereocenters. The van der Waals surface area contributed by atoms with E-state index in [0.717, 1.165) is 22.5 Å². The Bertz CT molecular complexity index is 1140. The van der Waals surface area contributed by atoms with Gasteiger partial charge >= 0.3 is 0 Å². The smallest absolute Gasteiger partial charge is 0.247 e. The Labute approximate surface area is 171 Å². The number of hydrogen-bond acceptors (Lipinski definition) is 6. The van der Waals surface area contributed by atoms with Gasteiger partial charge in [-0.15, -0.1) is 0 Å². The predicted molar refractivity (Wildman–Crippen MR) is 113 cm³/mol. The number of rotatable bonds is 7. The van der Waals surface area contributed by atoms with E-state index in [1.54, 1.807) is 42.5 Å². The lowest BCUT2D eigenvalue weighted by Crippen LogP contribution is -2.25. The first-order chi connectivity index (χ1) is 13.6. The van der Waals surface area contributed by atoms with Crippen LogP contribution < -0.4 is 9.46 Å². The first-order valence-corrected chi connectivity index (χ1v) is 12.7. The lowest BCUT2D eigenvalue weighted by molar-refractivity contribution is 0.336. The molecule has 0 aromatic heterocycles. The SMILES string of the molecule is CCOc1cccc([C@H]2CC(c3ccccc3NS(C)(=O)=O)=NN2S(C)(=O)=O)c1. The van der Waals surface area contributed by atoms with Gasteiger partial charge in [0.05, 0.1) is 36.6 Å². The van der Waals surface area contributed by atoms with Gasteiger partial charge in [-0.05, 0) is 30.7 Å². The Morgan fingerprint density at radius 2 is 1.83 bits per heavy atom. The second kappa shape index (κ2) is 8.03. The van der Waals surface area contributed by atoms with Gasteiger partial charge in [0.1, 0.15) is 5.75 Å². The number of sulfonamides is 2. The average Bonchev–Trinajstić information content (AvgIpc) is 3.07. The minimum absolute atomic E-state index is 0.297. The van der Waals surface area contributed by atoms with Gasteiger partial charge in [0.2, 0.25) is 20.0 Å². The van der Waals surface area contributed by atoms with Crippen LogP contribution in [0.2, 0.25) is 0 Å².